The van der Waals surface area contributed by atoms with Gasteiger partial charge in [-0.3, -0.25) is 4.79 Å². The molecular weight excluding hydrogens is 473 g/mol. The predicted molar refractivity (Wildman–Crippen MR) is 130 cm³/mol. The van der Waals surface area contributed by atoms with Crippen molar-refractivity contribution in [3.63, 3.8) is 0 Å². The molecule has 0 spiro atoms. The lowest BCUT2D eigenvalue weighted by Gasteiger charge is -2.23. The van der Waals surface area contributed by atoms with Crippen molar-refractivity contribution in [3.8, 4) is 16.9 Å². The molecule has 0 saturated carbocycles. The highest BCUT2D eigenvalue weighted by Crippen LogP contribution is 2.38. The Kier molecular flexibility index (Phi) is 8.58. The van der Waals surface area contributed by atoms with Gasteiger partial charge in [-0.1, -0.05) is 48.5 Å². The number of carbonyl (C=O) groups excluding carboxylic acids is 1. The van der Waals surface area contributed by atoms with Crippen LogP contribution in [0.2, 0.25) is 0 Å². The van der Waals surface area contributed by atoms with Gasteiger partial charge in [-0.05, 0) is 47.4 Å². The molecule has 0 aliphatic rings. The van der Waals surface area contributed by atoms with Crippen LogP contribution in [0.3, 0.4) is 0 Å². The van der Waals surface area contributed by atoms with E-state index in [1.54, 1.807) is 17.0 Å². The Morgan fingerprint density at radius 2 is 1.67 bits per heavy atom. The second-order valence-electron chi connectivity index (χ2n) is 8.08. The Morgan fingerprint density at radius 3 is 2.22 bits per heavy atom. The van der Waals surface area contributed by atoms with Gasteiger partial charge in [0.25, 0.3) is 0 Å². The maximum Gasteiger partial charge on any atom is 0.416 e. The molecule has 190 valence electrons. The zero-order valence-electron chi connectivity index (χ0n) is 19.9. The first kappa shape index (κ1) is 26.6. The van der Waals surface area contributed by atoms with E-state index < -0.39 is 17.7 Å². The zero-order chi connectivity index (χ0) is 26.3. The van der Waals surface area contributed by atoms with E-state index in [9.17, 15) is 27.9 Å². The van der Waals surface area contributed by atoms with Crippen molar-refractivity contribution in [2.75, 3.05) is 13.7 Å². The standard InChI is InChI=1S/C27H27F3N2O4/c1-3-32(17-18-7-5-4-6-8-18)26(35)31-16-22-20(15-24(33)34)11-14-23(36-2)25(22)19-9-12-21(13-10-19)27(28,29)30/h4-14H,3,15-17H2,1-2H3,(H,31,35)(H,33,34). The third-order valence-corrected chi connectivity index (χ3v) is 5.74. The number of aliphatic carboxylic acids is 1. The van der Waals surface area contributed by atoms with E-state index in [-0.39, 0.29) is 19.0 Å². The van der Waals surface area contributed by atoms with Crippen molar-refractivity contribution < 1.29 is 32.6 Å². The average Bonchev–Trinajstić information content (AvgIpc) is 2.85. The number of carboxylic acid groups (broad SMARTS) is 1. The van der Waals surface area contributed by atoms with E-state index in [1.807, 2.05) is 37.3 Å². The molecule has 0 aliphatic carbocycles. The highest BCUT2D eigenvalue weighted by molar-refractivity contribution is 5.80. The number of benzene rings is 3. The van der Waals surface area contributed by atoms with Crippen molar-refractivity contribution >= 4 is 12.0 Å². The van der Waals surface area contributed by atoms with E-state index in [2.05, 4.69) is 5.32 Å². The normalized spacial score (nSPS) is 11.1. The summed E-state index contributed by atoms with van der Waals surface area (Å²) < 4.78 is 44.7. The molecule has 2 N–H and O–H groups in total. The molecule has 0 unspecified atom stereocenters. The molecule has 0 heterocycles. The Morgan fingerprint density at radius 1 is 1.00 bits per heavy atom. The highest BCUT2D eigenvalue weighted by Gasteiger charge is 2.30. The van der Waals surface area contributed by atoms with Gasteiger partial charge in [0.1, 0.15) is 5.75 Å². The van der Waals surface area contributed by atoms with Gasteiger partial charge in [0.15, 0.2) is 0 Å². The summed E-state index contributed by atoms with van der Waals surface area (Å²) in [4.78, 5) is 26.1. The van der Waals surface area contributed by atoms with Crippen molar-refractivity contribution in [1.29, 1.82) is 0 Å². The summed E-state index contributed by atoms with van der Waals surface area (Å²) in [6.07, 6.45) is -4.82. The first-order valence-corrected chi connectivity index (χ1v) is 11.3. The number of methoxy groups -OCH3 is 1. The Bertz CT molecular complexity index is 1200. The summed E-state index contributed by atoms with van der Waals surface area (Å²) in [5, 5.41) is 12.3. The van der Waals surface area contributed by atoms with E-state index in [0.717, 1.165) is 17.7 Å². The van der Waals surface area contributed by atoms with E-state index in [1.165, 1.54) is 19.2 Å². The molecule has 0 bridgehead atoms. The van der Waals surface area contributed by atoms with Crippen molar-refractivity contribution in [2.45, 2.75) is 32.6 Å². The van der Waals surface area contributed by atoms with Crippen LogP contribution in [0.15, 0.2) is 66.7 Å². The van der Waals surface area contributed by atoms with Gasteiger partial charge in [-0.25, -0.2) is 4.79 Å². The first-order valence-electron chi connectivity index (χ1n) is 11.3. The molecule has 0 aromatic heterocycles. The van der Waals surface area contributed by atoms with E-state index in [4.69, 9.17) is 4.74 Å². The zero-order valence-corrected chi connectivity index (χ0v) is 19.9. The van der Waals surface area contributed by atoms with E-state index in [0.29, 0.717) is 41.1 Å². The number of urea groups is 1. The summed E-state index contributed by atoms with van der Waals surface area (Å²) in [6.45, 7) is 2.62. The topological polar surface area (TPSA) is 78.9 Å². The number of halogens is 3. The summed E-state index contributed by atoms with van der Waals surface area (Å²) >= 11 is 0. The molecule has 0 fully saturated rings. The highest BCUT2D eigenvalue weighted by atomic mass is 19.4. The van der Waals surface area contributed by atoms with Crippen LogP contribution in [0.1, 0.15) is 29.2 Å². The van der Waals surface area contributed by atoms with Crippen LogP contribution in [0.5, 0.6) is 5.75 Å². The summed E-state index contributed by atoms with van der Waals surface area (Å²) in [5.74, 6) is -0.727. The number of hydrogen-bond donors (Lipinski definition) is 2. The fourth-order valence-corrected chi connectivity index (χ4v) is 3.92. The average molecular weight is 501 g/mol. The van der Waals surface area contributed by atoms with Crippen LogP contribution < -0.4 is 10.1 Å². The van der Waals surface area contributed by atoms with Crippen molar-refractivity contribution in [1.82, 2.24) is 10.2 Å². The second-order valence-corrected chi connectivity index (χ2v) is 8.08. The molecule has 3 aromatic carbocycles. The fourth-order valence-electron chi connectivity index (χ4n) is 3.92. The Balaban J connectivity index is 1.96. The molecule has 0 aliphatic heterocycles. The predicted octanol–water partition coefficient (Wildman–Crippen LogP) is 5.74. The minimum atomic E-state index is -4.49. The van der Waals surface area contributed by atoms with Crippen LogP contribution in [-0.4, -0.2) is 35.7 Å². The van der Waals surface area contributed by atoms with Crippen LogP contribution >= 0.6 is 0 Å². The first-order chi connectivity index (χ1) is 17.1. The van der Waals surface area contributed by atoms with Crippen molar-refractivity contribution in [2.24, 2.45) is 0 Å². The second kappa shape index (κ2) is 11.6. The van der Waals surface area contributed by atoms with Crippen molar-refractivity contribution in [3.05, 3.63) is 89.0 Å². The van der Waals surface area contributed by atoms with Gasteiger partial charge < -0.3 is 20.1 Å². The maximum absolute atomic E-state index is 13.1. The number of nitrogens with zero attached hydrogens (tertiary/aromatic N) is 1. The number of carboxylic acids is 1. The van der Waals surface area contributed by atoms with Gasteiger partial charge in [0, 0.05) is 25.2 Å². The van der Waals surface area contributed by atoms with Gasteiger partial charge >= 0.3 is 18.2 Å². The molecule has 36 heavy (non-hydrogen) atoms. The largest absolute Gasteiger partial charge is 0.496 e. The SMILES string of the molecule is CCN(Cc1ccccc1)C(=O)NCc1c(CC(=O)O)ccc(OC)c1-c1ccc(C(F)(F)F)cc1. The lowest BCUT2D eigenvalue weighted by Crippen LogP contribution is -2.39. The number of hydrogen-bond acceptors (Lipinski definition) is 3. The number of rotatable bonds is 9. The van der Waals surface area contributed by atoms with Gasteiger partial charge in [0.2, 0.25) is 0 Å². The molecule has 0 atom stereocenters. The molecular formula is C27H27F3N2O4. The summed E-state index contributed by atoms with van der Waals surface area (Å²) in [7, 11) is 1.42. The summed E-state index contributed by atoms with van der Waals surface area (Å²) in [6, 6.07) is 16.8. The molecule has 9 heteroatoms. The van der Waals surface area contributed by atoms with Crippen LogP contribution in [0.4, 0.5) is 18.0 Å². The molecule has 0 saturated heterocycles. The molecule has 3 aromatic rings. The van der Waals surface area contributed by atoms with E-state index >= 15 is 0 Å². The monoisotopic (exact) mass is 500 g/mol. The lowest BCUT2D eigenvalue weighted by atomic mass is 9.92. The smallest absolute Gasteiger partial charge is 0.416 e. The van der Waals surface area contributed by atoms with Crippen LogP contribution in [0.25, 0.3) is 11.1 Å². The summed E-state index contributed by atoms with van der Waals surface area (Å²) in [5.41, 5.74) is 1.86. The minimum absolute atomic E-state index is 0.0414. The molecule has 3 rings (SSSR count). The Hall–Kier alpha value is -4.01. The number of carbonyl (C=O) groups is 2. The van der Waals surface area contributed by atoms with Crippen LogP contribution in [-0.2, 0) is 30.5 Å². The maximum atomic E-state index is 13.1. The van der Waals surface area contributed by atoms with Gasteiger partial charge in [-0.2, -0.15) is 13.2 Å². The number of amides is 2. The number of ether oxygens (including phenoxy) is 1. The quantitative estimate of drug-likeness (QED) is 0.393. The third kappa shape index (κ3) is 6.56. The lowest BCUT2D eigenvalue weighted by molar-refractivity contribution is -0.138. The van der Waals surface area contributed by atoms with Gasteiger partial charge in [-0.15, -0.1) is 0 Å². The fraction of sp³-hybridized carbons (Fsp3) is 0.259. The number of nitrogens with one attached hydrogen (secondary N) is 1. The van der Waals surface area contributed by atoms with Crippen LogP contribution in [0, 0.1) is 0 Å². The number of alkyl halides is 3. The third-order valence-electron chi connectivity index (χ3n) is 5.74. The minimum Gasteiger partial charge on any atom is -0.496 e. The molecule has 2 amide bonds. The Labute approximate surface area is 207 Å². The molecule has 6 nitrogen and oxygen atoms in total. The molecule has 0 radical (unpaired) electrons. The van der Waals surface area contributed by atoms with Gasteiger partial charge in [0.05, 0.1) is 19.1 Å².